The second kappa shape index (κ2) is 6.83. The number of carbonyl (C=O) groups excluding carboxylic acids is 2. The molecule has 0 radical (unpaired) electrons. The molecule has 0 saturated heterocycles. The predicted molar refractivity (Wildman–Crippen MR) is 60.9 cm³/mol. The van der Waals surface area contributed by atoms with Gasteiger partial charge in [0, 0.05) is 6.42 Å². The fourth-order valence-electron chi connectivity index (χ4n) is 1.53. The second-order valence-electron chi connectivity index (χ2n) is 3.87. The van der Waals surface area contributed by atoms with Gasteiger partial charge in [0.15, 0.2) is 11.6 Å². The molecule has 0 N–H and O–H groups in total. The number of unbranched alkanes of at least 4 members (excludes halogenated alkanes) is 1. The van der Waals surface area contributed by atoms with Crippen LogP contribution in [0.5, 0.6) is 0 Å². The van der Waals surface area contributed by atoms with E-state index in [1.54, 1.807) is 0 Å². The molecule has 0 bridgehead atoms. The summed E-state index contributed by atoms with van der Waals surface area (Å²) in [6.07, 6.45) is 1.77. The van der Waals surface area contributed by atoms with E-state index in [9.17, 15) is 18.4 Å². The summed E-state index contributed by atoms with van der Waals surface area (Å²) in [6, 6.07) is 3.71. The van der Waals surface area contributed by atoms with Crippen LogP contribution in [0.2, 0.25) is 0 Å². The number of ether oxygens (including phenoxy) is 1. The molecule has 98 valence electrons. The minimum absolute atomic E-state index is 0.107. The molecule has 1 aromatic rings. The Balaban J connectivity index is 2.32. The molecule has 0 aliphatic rings. The van der Waals surface area contributed by atoms with Crippen molar-refractivity contribution in [2.24, 2.45) is 0 Å². The summed E-state index contributed by atoms with van der Waals surface area (Å²) < 4.78 is 29.8. The molecule has 18 heavy (non-hydrogen) atoms. The van der Waals surface area contributed by atoms with Crippen LogP contribution in [0, 0.1) is 11.6 Å². The third-order valence-corrected chi connectivity index (χ3v) is 2.52. The van der Waals surface area contributed by atoms with Gasteiger partial charge in [-0.15, -0.1) is 0 Å². The summed E-state index contributed by atoms with van der Waals surface area (Å²) in [4.78, 5) is 21.9. The van der Waals surface area contributed by atoms with Crippen LogP contribution in [0.4, 0.5) is 8.78 Å². The summed E-state index contributed by atoms with van der Waals surface area (Å²) in [5.74, 6) is -3.16. The maximum absolute atomic E-state index is 12.9. The molecule has 0 spiro atoms. The SMILES string of the molecule is COC(=O)C(=O)CCCCc1ccc(F)c(F)c1. The number of hydrogen-bond acceptors (Lipinski definition) is 3. The van der Waals surface area contributed by atoms with E-state index in [1.807, 2.05) is 0 Å². The predicted octanol–water partition coefficient (Wildman–Crippen LogP) is 2.42. The van der Waals surface area contributed by atoms with Crippen molar-refractivity contribution in [1.29, 1.82) is 0 Å². The average molecular weight is 256 g/mol. The number of methoxy groups -OCH3 is 1. The lowest BCUT2D eigenvalue weighted by Gasteiger charge is -2.02. The highest BCUT2D eigenvalue weighted by Crippen LogP contribution is 2.12. The normalized spacial score (nSPS) is 10.2. The molecule has 0 aliphatic carbocycles. The fraction of sp³-hybridized carbons (Fsp3) is 0.385. The highest BCUT2D eigenvalue weighted by atomic mass is 19.2. The van der Waals surface area contributed by atoms with Gasteiger partial charge in [-0.1, -0.05) is 6.07 Å². The molecule has 0 aliphatic heterocycles. The molecule has 0 saturated carbocycles. The maximum atomic E-state index is 12.9. The molecule has 0 atom stereocenters. The van der Waals surface area contributed by atoms with Crippen molar-refractivity contribution < 1.29 is 23.1 Å². The Labute approximate surface area is 104 Å². The first-order chi connectivity index (χ1) is 8.54. The summed E-state index contributed by atoms with van der Waals surface area (Å²) in [7, 11) is 1.15. The number of benzene rings is 1. The smallest absolute Gasteiger partial charge is 0.374 e. The molecule has 0 fully saturated rings. The number of halogens is 2. The van der Waals surface area contributed by atoms with Crippen molar-refractivity contribution in [3.8, 4) is 0 Å². The van der Waals surface area contributed by atoms with E-state index in [-0.39, 0.29) is 6.42 Å². The first-order valence-corrected chi connectivity index (χ1v) is 5.59. The van der Waals surface area contributed by atoms with E-state index >= 15 is 0 Å². The molecule has 0 heterocycles. The number of aryl methyl sites for hydroxylation is 1. The lowest BCUT2D eigenvalue weighted by Crippen LogP contribution is -2.14. The number of carbonyl (C=O) groups is 2. The molecular formula is C13H14F2O3. The van der Waals surface area contributed by atoms with Crippen molar-refractivity contribution >= 4 is 11.8 Å². The zero-order valence-electron chi connectivity index (χ0n) is 10.0. The second-order valence-corrected chi connectivity index (χ2v) is 3.87. The van der Waals surface area contributed by atoms with Gasteiger partial charge in [-0.2, -0.15) is 0 Å². The van der Waals surface area contributed by atoms with Crippen LogP contribution >= 0.6 is 0 Å². The van der Waals surface area contributed by atoms with E-state index in [0.29, 0.717) is 24.8 Å². The van der Waals surface area contributed by atoms with Crippen molar-refractivity contribution in [3.05, 3.63) is 35.4 Å². The molecule has 0 unspecified atom stereocenters. The Bertz CT molecular complexity index is 444. The van der Waals surface area contributed by atoms with E-state index in [0.717, 1.165) is 19.2 Å². The standard InChI is InChI=1S/C13H14F2O3/c1-18-13(17)12(16)5-3-2-4-9-6-7-10(14)11(15)8-9/h6-8H,2-5H2,1H3. The summed E-state index contributed by atoms with van der Waals surface area (Å²) in [5.41, 5.74) is 0.666. The number of Topliss-reactive ketones (excluding diaryl/α,β-unsaturated/α-hetero) is 1. The van der Waals surface area contributed by atoms with Crippen molar-refractivity contribution in [1.82, 2.24) is 0 Å². The number of rotatable bonds is 6. The summed E-state index contributed by atoms with van der Waals surface area (Å²) in [5, 5.41) is 0. The Morgan fingerprint density at radius 1 is 1.17 bits per heavy atom. The Morgan fingerprint density at radius 3 is 2.50 bits per heavy atom. The van der Waals surface area contributed by atoms with E-state index in [4.69, 9.17) is 0 Å². The monoisotopic (exact) mass is 256 g/mol. The van der Waals surface area contributed by atoms with Gasteiger partial charge in [-0.25, -0.2) is 13.6 Å². The zero-order valence-corrected chi connectivity index (χ0v) is 10.0. The highest BCUT2D eigenvalue weighted by Gasteiger charge is 2.12. The van der Waals surface area contributed by atoms with Gasteiger partial charge in [0.2, 0.25) is 5.78 Å². The minimum atomic E-state index is -0.877. The Hall–Kier alpha value is -1.78. The van der Waals surface area contributed by atoms with E-state index in [2.05, 4.69) is 4.74 Å². The van der Waals surface area contributed by atoms with Gasteiger partial charge < -0.3 is 4.74 Å². The average Bonchev–Trinajstić information content (AvgIpc) is 2.37. The summed E-state index contributed by atoms with van der Waals surface area (Å²) >= 11 is 0. The third-order valence-electron chi connectivity index (χ3n) is 2.52. The quantitative estimate of drug-likeness (QED) is 0.446. The molecular weight excluding hydrogens is 242 g/mol. The molecule has 0 aromatic heterocycles. The van der Waals surface area contributed by atoms with Crippen LogP contribution in [-0.2, 0) is 20.7 Å². The van der Waals surface area contributed by atoms with Crippen molar-refractivity contribution in [2.75, 3.05) is 7.11 Å². The lowest BCUT2D eigenvalue weighted by molar-refractivity contribution is -0.151. The van der Waals surface area contributed by atoms with Crippen LogP contribution in [0.25, 0.3) is 0 Å². The molecule has 0 amide bonds. The number of ketones is 1. The fourth-order valence-corrected chi connectivity index (χ4v) is 1.53. The van der Waals surface area contributed by atoms with Crippen LogP contribution in [-0.4, -0.2) is 18.9 Å². The maximum Gasteiger partial charge on any atom is 0.374 e. The van der Waals surface area contributed by atoms with Crippen molar-refractivity contribution in [2.45, 2.75) is 25.7 Å². The molecule has 1 rings (SSSR count). The largest absolute Gasteiger partial charge is 0.463 e. The molecule has 5 heteroatoms. The lowest BCUT2D eigenvalue weighted by atomic mass is 10.1. The zero-order chi connectivity index (χ0) is 13.5. The first kappa shape index (κ1) is 14.3. The third kappa shape index (κ3) is 4.24. The van der Waals surface area contributed by atoms with Gasteiger partial charge in [0.1, 0.15) is 0 Å². The molecule has 1 aromatic carbocycles. The topological polar surface area (TPSA) is 43.4 Å². The molecule has 3 nitrogen and oxygen atoms in total. The van der Waals surface area contributed by atoms with Crippen LogP contribution in [0.1, 0.15) is 24.8 Å². The van der Waals surface area contributed by atoms with Gasteiger partial charge >= 0.3 is 5.97 Å². The van der Waals surface area contributed by atoms with Gasteiger partial charge in [-0.05, 0) is 37.0 Å². The van der Waals surface area contributed by atoms with Crippen LogP contribution in [0.15, 0.2) is 18.2 Å². The van der Waals surface area contributed by atoms with E-state index in [1.165, 1.54) is 6.07 Å². The number of esters is 1. The van der Waals surface area contributed by atoms with Crippen LogP contribution < -0.4 is 0 Å². The van der Waals surface area contributed by atoms with Gasteiger partial charge in [0.25, 0.3) is 0 Å². The van der Waals surface area contributed by atoms with Crippen molar-refractivity contribution in [3.63, 3.8) is 0 Å². The van der Waals surface area contributed by atoms with Gasteiger partial charge in [-0.3, -0.25) is 4.79 Å². The Kier molecular flexibility index (Phi) is 5.42. The highest BCUT2D eigenvalue weighted by molar-refractivity contribution is 6.33. The van der Waals surface area contributed by atoms with Crippen LogP contribution in [0.3, 0.4) is 0 Å². The summed E-state index contributed by atoms with van der Waals surface area (Å²) in [6.45, 7) is 0. The van der Waals surface area contributed by atoms with E-state index < -0.39 is 23.4 Å². The van der Waals surface area contributed by atoms with Gasteiger partial charge in [0.05, 0.1) is 7.11 Å². The minimum Gasteiger partial charge on any atom is -0.463 e. The Morgan fingerprint density at radius 2 is 1.89 bits per heavy atom. The number of hydrogen-bond donors (Lipinski definition) is 0. The first-order valence-electron chi connectivity index (χ1n) is 5.59.